The van der Waals surface area contributed by atoms with E-state index in [1.807, 2.05) is 13.8 Å². The third-order valence-electron chi connectivity index (χ3n) is 2.71. The van der Waals surface area contributed by atoms with Crippen LogP contribution in [0.2, 0.25) is 0 Å². The number of carboxylic acid groups (broad SMARTS) is 1. The Bertz CT molecular complexity index is 374. The molecule has 0 radical (unpaired) electrons. The average Bonchev–Trinajstić information content (AvgIpc) is 2.22. The lowest BCUT2D eigenvalue weighted by Crippen LogP contribution is -2.14. The van der Waals surface area contributed by atoms with Crippen LogP contribution in [-0.2, 0) is 4.79 Å². The van der Waals surface area contributed by atoms with E-state index in [9.17, 15) is 4.79 Å². The van der Waals surface area contributed by atoms with E-state index in [4.69, 9.17) is 5.11 Å². The summed E-state index contributed by atoms with van der Waals surface area (Å²) >= 11 is 0. The highest BCUT2D eigenvalue weighted by atomic mass is 16.4. The fourth-order valence-corrected chi connectivity index (χ4v) is 1.47. The maximum absolute atomic E-state index is 10.6. The van der Waals surface area contributed by atoms with Crippen LogP contribution in [0.25, 0.3) is 0 Å². The fourth-order valence-electron chi connectivity index (χ4n) is 1.47. The summed E-state index contributed by atoms with van der Waals surface area (Å²) in [5, 5.41) is 12.0. The zero-order valence-corrected chi connectivity index (χ0v) is 10.1. The van der Waals surface area contributed by atoms with Crippen LogP contribution < -0.4 is 5.32 Å². The lowest BCUT2D eigenvalue weighted by Gasteiger charge is -2.11. The molecule has 0 aliphatic heterocycles. The standard InChI is InChI=1S/C13H19NO2/c1-9-4-5-10(2)12(8-9)14-7-6-11(3)13(15)16/h4-5,8,11,14H,6-7H2,1-3H3,(H,15,16). The molecule has 3 nitrogen and oxygen atoms in total. The number of carbonyl (C=O) groups is 1. The van der Waals surface area contributed by atoms with Gasteiger partial charge < -0.3 is 10.4 Å². The van der Waals surface area contributed by atoms with Gasteiger partial charge in [-0.25, -0.2) is 0 Å². The number of anilines is 1. The summed E-state index contributed by atoms with van der Waals surface area (Å²) in [5.41, 5.74) is 3.49. The van der Waals surface area contributed by atoms with Crippen molar-refractivity contribution in [3.05, 3.63) is 29.3 Å². The van der Waals surface area contributed by atoms with Gasteiger partial charge in [-0.3, -0.25) is 4.79 Å². The van der Waals surface area contributed by atoms with Gasteiger partial charge in [-0.2, -0.15) is 0 Å². The molecule has 1 atom stereocenters. The molecule has 2 N–H and O–H groups in total. The molecule has 0 spiro atoms. The Kier molecular flexibility index (Phi) is 4.35. The van der Waals surface area contributed by atoms with Crippen molar-refractivity contribution < 1.29 is 9.90 Å². The molecule has 16 heavy (non-hydrogen) atoms. The van der Waals surface area contributed by atoms with Crippen LogP contribution in [0.3, 0.4) is 0 Å². The summed E-state index contributed by atoms with van der Waals surface area (Å²) in [4.78, 5) is 10.6. The van der Waals surface area contributed by atoms with E-state index in [0.29, 0.717) is 13.0 Å². The quantitative estimate of drug-likeness (QED) is 0.803. The molecule has 0 amide bonds. The zero-order valence-electron chi connectivity index (χ0n) is 10.1. The van der Waals surface area contributed by atoms with Gasteiger partial charge in [0.2, 0.25) is 0 Å². The van der Waals surface area contributed by atoms with Crippen molar-refractivity contribution >= 4 is 11.7 Å². The highest BCUT2D eigenvalue weighted by Gasteiger charge is 2.09. The molecule has 1 unspecified atom stereocenters. The van der Waals surface area contributed by atoms with Gasteiger partial charge in [0.15, 0.2) is 0 Å². The Balaban J connectivity index is 2.48. The van der Waals surface area contributed by atoms with Crippen molar-refractivity contribution in [2.75, 3.05) is 11.9 Å². The van der Waals surface area contributed by atoms with Crippen LogP contribution in [0.15, 0.2) is 18.2 Å². The highest BCUT2D eigenvalue weighted by molar-refractivity contribution is 5.69. The van der Waals surface area contributed by atoms with E-state index >= 15 is 0 Å². The summed E-state index contributed by atoms with van der Waals surface area (Å²) in [6.45, 7) is 6.51. The molecule has 0 saturated heterocycles. The average molecular weight is 221 g/mol. The van der Waals surface area contributed by atoms with Crippen molar-refractivity contribution in [1.82, 2.24) is 0 Å². The van der Waals surface area contributed by atoms with Crippen molar-refractivity contribution in [3.63, 3.8) is 0 Å². The van der Waals surface area contributed by atoms with Crippen molar-refractivity contribution in [3.8, 4) is 0 Å². The minimum absolute atomic E-state index is 0.294. The first-order valence-electron chi connectivity index (χ1n) is 5.54. The van der Waals surface area contributed by atoms with Gasteiger partial charge in [0.05, 0.1) is 5.92 Å². The predicted molar refractivity (Wildman–Crippen MR) is 65.8 cm³/mol. The lowest BCUT2D eigenvalue weighted by molar-refractivity contribution is -0.141. The Morgan fingerprint density at radius 2 is 2.12 bits per heavy atom. The van der Waals surface area contributed by atoms with E-state index in [1.165, 1.54) is 11.1 Å². The van der Waals surface area contributed by atoms with Crippen LogP contribution in [-0.4, -0.2) is 17.6 Å². The Hall–Kier alpha value is -1.51. The Morgan fingerprint density at radius 1 is 1.44 bits per heavy atom. The van der Waals surface area contributed by atoms with Crippen LogP contribution in [0.4, 0.5) is 5.69 Å². The number of nitrogens with one attached hydrogen (secondary N) is 1. The molecule has 0 fully saturated rings. The third-order valence-corrected chi connectivity index (χ3v) is 2.71. The first-order chi connectivity index (χ1) is 7.50. The SMILES string of the molecule is Cc1ccc(C)c(NCCC(C)C(=O)O)c1. The normalized spacial score (nSPS) is 12.2. The predicted octanol–water partition coefficient (Wildman–Crippen LogP) is 2.83. The number of hydrogen-bond acceptors (Lipinski definition) is 2. The summed E-state index contributed by atoms with van der Waals surface area (Å²) in [6.07, 6.45) is 0.642. The second-order valence-corrected chi connectivity index (χ2v) is 4.27. The minimum Gasteiger partial charge on any atom is -0.481 e. The molecule has 0 saturated carbocycles. The Morgan fingerprint density at radius 3 is 2.75 bits per heavy atom. The van der Waals surface area contributed by atoms with E-state index in [-0.39, 0.29) is 5.92 Å². The summed E-state index contributed by atoms with van der Waals surface area (Å²) in [5.74, 6) is -1.03. The van der Waals surface area contributed by atoms with Gasteiger partial charge in [0.25, 0.3) is 0 Å². The van der Waals surface area contributed by atoms with Crippen LogP contribution in [0.1, 0.15) is 24.5 Å². The molecule has 1 rings (SSSR count). The van der Waals surface area contributed by atoms with Gasteiger partial charge in [-0.1, -0.05) is 19.1 Å². The molecule has 0 heterocycles. The number of carboxylic acids is 1. The second-order valence-electron chi connectivity index (χ2n) is 4.27. The number of aryl methyl sites for hydroxylation is 2. The first kappa shape index (κ1) is 12.6. The molecule has 1 aromatic rings. The van der Waals surface area contributed by atoms with E-state index < -0.39 is 5.97 Å². The van der Waals surface area contributed by atoms with Crippen molar-refractivity contribution in [2.24, 2.45) is 5.92 Å². The number of aliphatic carboxylic acids is 1. The largest absolute Gasteiger partial charge is 0.481 e. The fraction of sp³-hybridized carbons (Fsp3) is 0.462. The number of rotatable bonds is 5. The lowest BCUT2D eigenvalue weighted by atomic mass is 10.1. The molecule has 0 bridgehead atoms. The molecule has 0 aromatic heterocycles. The maximum atomic E-state index is 10.6. The molecule has 88 valence electrons. The molecular formula is C13H19NO2. The van der Waals surface area contributed by atoms with Gasteiger partial charge in [-0.15, -0.1) is 0 Å². The first-order valence-corrected chi connectivity index (χ1v) is 5.54. The smallest absolute Gasteiger partial charge is 0.306 e. The van der Waals surface area contributed by atoms with Crippen LogP contribution in [0, 0.1) is 19.8 Å². The number of hydrogen-bond donors (Lipinski definition) is 2. The van der Waals surface area contributed by atoms with Crippen molar-refractivity contribution in [2.45, 2.75) is 27.2 Å². The van der Waals surface area contributed by atoms with Gasteiger partial charge >= 0.3 is 5.97 Å². The summed E-state index contributed by atoms with van der Waals surface area (Å²) in [7, 11) is 0. The van der Waals surface area contributed by atoms with E-state index in [2.05, 4.69) is 23.5 Å². The molecule has 1 aromatic carbocycles. The molecule has 0 aliphatic carbocycles. The Labute approximate surface area is 96.5 Å². The second kappa shape index (κ2) is 5.54. The summed E-state index contributed by atoms with van der Waals surface area (Å²) in [6, 6.07) is 6.22. The highest BCUT2D eigenvalue weighted by Crippen LogP contribution is 2.16. The molecule has 3 heteroatoms. The molecular weight excluding hydrogens is 202 g/mol. The van der Waals surface area contributed by atoms with E-state index in [1.54, 1.807) is 6.92 Å². The third kappa shape index (κ3) is 3.57. The van der Waals surface area contributed by atoms with Crippen LogP contribution >= 0.6 is 0 Å². The van der Waals surface area contributed by atoms with Crippen molar-refractivity contribution in [1.29, 1.82) is 0 Å². The summed E-state index contributed by atoms with van der Waals surface area (Å²) < 4.78 is 0. The zero-order chi connectivity index (χ0) is 12.1. The topological polar surface area (TPSA) is 49.3 Å². The monoisotopic (exact) mass is 221 g/mol. The van der Waals surface area contributed by atoms with Gasteiger partial charge in [0, 0.05) is 12.2 Å². The molecule has 0 aliphatic rings. The van der Waals surface area contributed by atoms with Crippen LogP contribution in [0.5, 0.6) is 0 Å². The minimum atomic E-state index is -0.734. The van der Waals surface area contributed by atoms with E-state index in [0.717, 1.165) is 5.69 Å². The number of benzene rings is 1. The van der Waals surface area contributed by atoms with Gasteiger partial charge in [0.1, 0.15) is 0 Å². The maximum Gasteiger partial charge on any atom is 0.306 e. The van der Waals surface area contributed by atoms with Gasteiger partial charge in [-0.05, 0) is 37.5 Å².